The quantitative estimate of drug-likeness (QED) is 0.720. The average molecular weight is 270 g/mol. The summed E-state index contributed by atoms with van der Waals surface area (Å²) >= 11 is 0. The largest absolute Gasteiger partial charge is 0.381 e. The van der Waals surface area contributed by atoms with Gasteiger partial charge in [-0.1, -0.05) is 34.1 Å². The van der Waals surface area contributed by atoms with Gasteiger partial charge in [-0.15, -0.1) is 0 Å². The third-order valence-corrected chi connectivity index (χ3v) is 3.93. The number of nitrogens with zero attached hydrogens (tertiary/aromatic N) is 1. The molecule has 0 amide bonds. The molecule has 0 saturated carbocycles. The van der Waals surface area contributed by atoms with E-state index in [2.05, 4.69) is 37.9 Å². The van der Waals surface area contributed by atoms with E-state index in [-0.39, 0.29) is 0 Å². The summed E-state index contributed by atoms with van der Waals surface area (Å²) in [5.74, 6) is 0. The van der Waals surface area contributed by atoms with Gasteiger partial charge < -0.3 is 15.0 Å². The molecule has 1 saturated heterocycles. The summed E-state index contributed by atoms with van der Waals surface area (Å²) in [6.45, 7) is 15.8. The van der Waals surface area contributed by atoms with Crippen molar-refractivity contribution < 1.29 is 4.74 Å². The van der Waals surface area contributed by atoms with Gasteiger partial charge in [-0.05, 0) is 37.8 Å². The minimum Gasteiger partial charge on any atom is -0.381 e. The molecule has 1 atom stereocenters. The van der Waals surface area contributed by atoms with Gasteiger partial charge in [0.25, 0.3) is 0 Å². The lowest BCUT2D eigenvalue weighted by Crippen LogP contribution is -2.46. The van der Waals surface area contributed by atoms with Gasteiger partial charge in [0.15, 0.2) is 0 Å². The maximum atomic E-state index is 5.65. The van der Waals surface area contributed by atoms with Crippen LogP contribution in [0.15, 0.2) is 0 Å². The zero-order chi connectivity index (χ0) is 14.1. The highest BCUT2D eigenvalue weighted by molar-refractivity contribution is 4.85. The van der Waals surface area contributed by atoms with Crippen LogP contribution in [0.2, 0.25) is 0 Å². The molecule has 1 rings (SSSR count). The van der Waals surface area contributed by atoms with E-state index in [1.165, 1.54) is 45.3 Å². The Morgan fingerprint density at radius 2 is 1.95 bits per heavy atom. The van der Waals surface area contributed by atoms with E-state index in [4.69, 9.17) is 4.74 Å². The number of hydrogen-bond donors (Lipinski definition) is 1. The first kappa shape index (κ1) is 16.9. The van der Waals surface area contributed by atoms with Crippen molar-refractivity contribution >= 4 is 0 Å². The van der Waals surface area contributed by atoms with Crippen LogP contribution in [0.4, 0.5) is 0 Å². The highest BCUT2D eigenvalue weighted by Crippen LogP contribution is 2.21. The topological polar surface area (TPSA) is 24.5 Å². The van der Waals surface area contributed by atoms with Crippen molar-refractivity contribution in [3.05, 3.63) is 0 Å². The van der Waals surface area contributed by atoms with Crippen molar-refractivity contribution in [2.45, 2.75) is 59.4 Å². The Morgan fingerprint density at radius 1 is 1.21 bits per heavy atom. The lowest BCUT2D eigenvalue weighted by Gasteiger charge is -2.33. The molecule has 3 nitrogen and oxygen atoms in total. The summed E-state index contributed by atoms with van der Waals surface area (Å²) in [6, 6.07) is 0.607. The Kier molecular flexibility index (Phi) is 7.96. The fourth-order valence-corrected chi connectivity index (χ4v) is 2.51. The molecule has 0 radical (unpaired) electrons. The van der Waals surface area contributed by atoms with E-state index < -0.39 is 0 Å². The molecular formula is C16H34N2O. The Bertz CT molecular complexity index is 225. The van der Waals surface area contributed by atoms with Gasteiger partial charge in [0.05, 0.1) is 0 Å². The van der Waals surface area contributed by atoms with Crippen LogP contribution in [0, 0.1) is 5.41 Å². The number of nitrogens with one attached hydrogen (secondary N) is 1. The summed E-state index contributed by atoms with van der Waals surface area (Å²) < 4.78 is 5.65. The van der Waals surface area contributed by atoms with Crippen LogP contribution in [0.25, 0.3) is 0 Å². The van der Waals surface area contributed by atoms with Crippen molar-refractivity contribution in [1.82, 2.24) is 10.2 Å². The molecule has 1 fully saturated rings. The number of rotatable bonds is 7. The Hall–Kier alpha value is -0.120. The van der Waals surface area contributed by atoms with Crippen molar-refractivity contribution in [2.75, 3.05) is 39.4 Å². The van der Waals surface area contributed by atoms with Crippen molar-refractivity contribution in [3.63, 3.8) is 0 Å². The van der Waals surface area contributed by atoms with E-state index in [9.17, 15) is 0 Å². The second-order valence-corrected chi connectivity index (χ2v) is 6.85. The Labute approximate surface area is 120 Å². The van der Waals surface area contributed by atoms with Crippen LogP contribution in [-0.4, -0.2) is 50.3 Å². The van der Waals surface area contributed by atoms with Crippen LogP contribution in [-0.2, 0) is 4.74 Å². The van der Waals surface area contributed by atoms with Crippen LogP contribution in [0.5, 0.6) is 0 Å². The molecule has 1 heterocycles. The van der Waals surface area contributed by atoms with Gasteiger partial charge in [0.2, 0.25) is 0 Å². The van der Waals surface area contributed by atoms with Gasteiger partial charge in [0.1, 0.15) is 0 Å². The molecule has 1 aliphatic heterocycles. The lowest BCUT2D eigenvalue weighted by atomic mass is 9.86. The number of ether oxygens (including phenoxy) is 1. The van der Waals surface area contributed by atoms with Gasteiger partial charge in [-0.2, -0.15) is 0 Å². The Balaban J connectivity index is 2.20. The van der Waals surface area contributed by atoms with Crippen LogP contribution in [0.1, 0.15) is 53.4 Å². The van der Waals surface area contributed by atoms with E-state index in [0.29, 0.717) is 11.5 Å². The van der Waals surface area contributed by atoms with E-state index in [1.54, 1.807) is 0 Å². The summed E-state index contributed by atoms with van der Waals surface area (Å²) in [7, 11) is 0. The molecule has 1 aliphatic rings. The molecule has 114 valence electrons. The smallest absolute Gasteiger partial charge is 0.0478 e. The second kappa shape index (κ2) is 8.93. The summed E-state index contributed by atoms with van der Waals surface area (Å²) in [6.07, 6.45) is 4.86. The monoisotopic (exact) mass is 270 g/mol. The Morgan fingerprint density at radius 3 is 2.63 bits per heavy atom. The molecule has 0 aromatic rings. The molecule has 0 aromatic carbocycles. The number of unbranched alkanes of at least 4 members (excludes halogenated alkanes) is 1. The summed E-state index contributed by atoms with van der Waals surface area (Å²) in [5.41, 5.74) is 0.347. The second-order valence-electron chi connectivity index (χ2n) is 6.85. The SMILES string of the molecule is CCCCOCCCN1CCCNC(C(C)(C)C)C1. The third-order valence-electron chi connectivity index (χ3n) is 3.93. The van der Waals surface area contributed by atoms with Crippen LogP contribution < -0.4 is 5.32 Å². The first-order valence-electron chi connectivity index (χ1n) is 8.07. The zero-order valence-corrected chi connectivity index (χ0v) is 13.5. The molecule has 0 bridgehead atoms. The fraction of sp³-hybridized carbons (Fsp3) is 1.00. The van der Waals surface area contributed by atoms with Gasteiger partial charge >= 0.3 is 0 Å². The maximum Gasteiger partial charge on any atom is 0.0478 e. The molecular weight excluding hydrogens is 236 g/mol. The fourth-order valence-electron chi connectivity index (χ4n) is 2.51. The normalized spacial score (nSPS) is 22.4. The molecule has 1 unspecified atom stereocenters. The molecule has 0 aromatic heterocycles. The highest BCUT2D eigenvalue weighted by Gasteiger charge is 2.27. The van der Waals surface area contributed by atoms with Crippen LogP contribution in [0.3, 0.4) is 0 Å². The zero-order valence-electron chi connectivity index (χ0n) is 13.5. The predicted molar refractivity (Wildman–Crippen MR) is 82.6 cm³/mol. The highest BCUT2D eigenvalue weighted by atomic mass is 16.5. The molecule has 0 aliphatic carbocycles. The summed E-state index contributed by atoms with van der Waals surface area (Å²) in [4.78, 5) is 2.61. The van der Waals surface area contributed by atoms with Gasteiger partial charge in [-0.3, -0.25) is 0 Å². The third kappa shape index (κ3) is 7.28. The van der Waals surface area contributed by atoms with Gasteiger partial charge in [0, 0.05) is 32.3 Å². The van der Waals surface area contributed by atoms with Crippen molar-refractivity contribution in [1.29, 1.82) is 0 Å². The standard InChI is InChI=1S/C16H34N2O/c1-5-6-12-19-13-8-11-18-10-7-9-17-15(14-18)16(2,3)4/h15,17H,5-14H2,1-4H3. The first-order chi connectivity index (χ1) is 9.04. The maximum absolute atomic E-state index is 5.65. The van der Waals surface area contributed by atoms with E-state index >= 15 is 0 Å². The molecule has 19 heavy (non-hydrogen) atoms. The van der Waals surface area contributed by atoms with Crippen LogP contribution >= 0.6 is 0 Å². The minimum absolute atomic E-state index is 0.347. The first-order valence-corrected chi connectivity index (χ1v) is 8.07. The van der Waals surface area contributed by atoms with E-state index in [1.807, 2.05) is 0 Å². The molecule has 0 spiro atoms. The number of hydrogen-bond acceptors (Lipinski definition) is 3. The lowest BCUT2D eigenvalue weighted by molar-refractivity contribution is 0.114. The van der Waals surface area contributed by atoms with Crippen molar-refractivity contribution in [2.24, 2.45) is 5.41 Å². The predicted octanol–water partition coefficient (Wildman–Crippen LogP) is 2.90. The average Bonchev–Trinajstić information content (AvgIpc) is 2.58. The van der Waals surface area contributed by atoms with Gasteiger partial charge in [-0.25, -0.2) is 0 Å². The molecule has 1 N–H and O–H groups in total. The summed E-state index contributed by atoms with van der Waals surface area (Å²) in [5, 5.41) is 3.70. The molecule has 3 heteroatoms. The van der Waals surface area contributed by atoms with Crippen molar-refractivity contribution in [3.8, 4) is 0 Å². The van der Waals surface area contributed by atoms with E-state index in [0.717, 1.165) is 19.8 Å². The minimum atomic E-state index is 0.347.